The Morgan fingerprint density at radius 2 is 1.80 bits per heavy atom. The topological polar surface area (TPSA) is 51.6 Å². The number of nitrogens with zero attached hydrogens (tertiary/aromatic N) is 1. The van der Waals surface area contributed by atoms with E-state index in [4.69, 9.17) is 9.31 Å². The van der Waals surface area contributed by atoms with E-state index in [0.717, 1.165) is 11.1 Å². The Bertz CT molecular complexity index is 496. The highest BCUT2D eigenvalue weighted by Crippen LogP contribution is 2.37. The zero-order valence-electron chi connectivity index (χ0n) is 12.8. The number of rotatable bonds is 3. The van der Waals surface area contributed by atoms with Crippen molar-refractivity contribution in [2.24, 2.45) is 0 Å². The summed E-state index contributed by atoms with van der Waals surface area (Å²) in [6, 6.07) is 1.90. The molecule has 1 aliphatic heterocycles. The van der Waals surface area contributed by atoms with Gasteiger partial charge in [-0.2, -0.15) is 0 Å². The fourth-order valence-corrected chi connectivity index (χ4v) is 1.95. The second kappa shape index (κ2) is 5.32. The quantitative estimate of drug-likeness (QED) is 0.862. The van der Waals surface area contributed by atoms with Crippen LogP contribution in [0.5, 0.6) is 0 Å². The highest BCUT2D eigenvalue weighted by molar-refractivity contribution is 6.52. The molecule has 0 spiro atoms. The molecule has 1 saturated heterocycles. The highest BCUT2D eigenvalue weighted by Gasteiger charge is 2.49. The summed E-state index contributed by atoms with van der Waals surface area (Å²) in [4.78, 5) is 4.12. The van der Waals surface area contributed by atoms with Crippen LogP contribution in [0.2, 0.25) is 0 Å². The second-order valence-corrected chi connectivity index (χ2v) is 6.21. The van der Waals surface area contributed by atoms with Crippen LogP contribution in [0, 0.1) is 0 Å². The number of aliphatic hydroxyl groups is 1. The lowest BCUT2D eigenvalue weighted by Crippen LogP contribution is -2.41. The lowest BCUT2D eigenvalue weighted by Gasteiger charge is -2.32. The summed E-state index contributed by atoms with van der Waals surface area (Å²) in [5.41, 5.74) is 1.04. The summed E-state index contributed by atoms with van der Waals surface area (Å²) in [7, 11) is -0.366. The van der Waals surface area contributed by atoms with Crippen LogP contribution in [0.25, 0.3) is 6.08 Å². The standard InChI is InChI=1S/C15H22BNO3/c1-11(18)13-8-12(9-17-10-13)6-7-16-19-14(2,3)15(4,5)20-16/h6-11,18H,1-5H3/b7-6+/t11-/m1/s1. The molecule has 0 saturated carbocycles. The third-order valence-corrected chi connectivity index (χ3v) is 3.98. The molecular weight excluding hydrogens is 253 g/mol. The van der Waals surface area contributed by atoms with E-state index in [9.17, 15) is 5.11 Å². The van der Waals surface area contributed by atoms with Gasteiger partial charge in [0.15, 0.2) is 0 Å². The molecule has 1 N–H and O–H groups in total. The summed E-state index contributed by atoms with van der Waals surface area (Å²) < 4.78 is 11.8. The van der Waals surface area contributed by atoms with Crippen molar-refractivity contribution in [1.29, 1.82) is 0 Å². The molecule has 0 radical (unpaired) electrons. The smallest absolute Gasteiger partial charge is 0.400 e. The van der Waals surface area contributed by atoms with Crippen molar-refractivity contribution < 1.29 is 14.4 Å². The van der Waals surface area contributed by atoms with Gasteiger partial charge in [-0.25, -0.2) is 0 Å². The van der Waals surface area contributed by atoms with Gasteiger partial charge in [-0.1, -0.05) is 12.1 Å². The van der Waals surface area contributed by atoms with Crippen LogP contribution in [-0.2, 0) is 9.31 Å². The van der Waals surface area contributed by atoms with Crippen molar-refractivity contribution in [2.45, 2.75) is 51.9 Å². The molecule has 2 heterocycles. The average molecular weight is 275 g/mol. The molecule has 4 nitrogen and oxygen atoms in total. The van der Waals surface area contributed by atoms with Crippen molar-refractivity contribution in [2.75, 3.05) is 0 Å². The third-order valence-electron chi connectivity index (χ3n) is 3.98. The molecule has 1 aromatic heterocycles. The fourth-order valence-electron chi connectivity index (χ4n) is 1.95. The van der Waals surface area contributed by atoms with Gasteiger partial charge in [-0.05, 0) is 51.8 Å². The Balaban J connectivity index is 2.10. The first kappa shape index (κ1) is 15.2. The first-order valence-corrected chi connectivity index (χ1v) is 6.88. The maximum absolute atomic E-state index is 9.55. The molecule has 20 heavy (non-hydrogen) atoms. The van der Waals surface area contributed by atoms with E-state index in [2.05, 4.69) is 4.98 Å². The highest BCUT2D eigenvalue weighted by atomic mass is 16.7. The van der Waals surface area contributed by atoms with Gasteiger partial charge in [0, 0.05) is 12.4 Å². The van der Waals surface area contributed by atoms with Gasteiger partial charge in [0.05, 0.1) is 17.3 Å². The molecule has 0 aliphatic carbocycles. The average Bonchev–Trinajstić information content (AvgIpc) is 2.56. The summed E-state index contributed by atoms with van der Waals surface area (Å²) in [5.74, 6) is 1.87. The Hall–Kier alpha value is -1.17. The molecular formula is C15H22BNO3. The minimum atomic E-state index is -0.521. The monoisotopic (exact) mass is 275 g/mol. The SMILES string of the molecule is C[C@@H](O)c1cncc(/C=C/B2OC(C)(C)C(C)(C)O2)c1. The molecule has 1 fully saturated rings. The van der Waals surface area contributed by atoms with Gasteiger partial charge in [-0.15, -0.1) is 0 Å². The molecule has 0 aromatic carbocycles. The number of pyridine rings is 1. The molecule has 0 amide bonds. The summed E-state index contributed by atoms with van der Waals surface area (Å²) >= 11 is 0. The Kier molecular flexibility index (Phi) is 4.05. The van der Waals surface area contributed by atoms with Gasteiger partial charge in [0.2, 0.25) is 0 Å². The van der Waals surface area contributed by atoms with E-state index in [0.29, 0.717) is 0 Å². The van der Waals surface area contributed by atoms with Gasteiger partial charge in [-0.3, -0.25) is 4.98 Å². The third kappa shape index (κ3) is 3.11. The van der Waals surface area contributed by atoms with Crippen LogP contribution in [-0.4, -0.2) is 28.4 Å². The van der Waals surface area contributed by atoms with E-state index in [1.54, 1.807) is 19.3 Å². The van der Waals surface area contributed by atoms with Crippen molar-refractivity contribution >= 4 is 13.2 Å². The summed E-state index contributed by atoms with van der Waals surface area (Å²) in [5, 5.41) is 9.55. The van der Waals surface area contributed by atoms with Gasteiger partial charge >= 0.3 is 7.12 Å². The lowest BCUT2D eigenvalue weighted by molar-refractivity contribution is 0.00578. The van der Waals surface area contributed by atoms with E-state index in [1.165, 1.54) is 0 Å². The fraction of sp³-hybridized carbons (Fsp3) is 0.533. The molecule has 0 bridgehead atoms. The maximum Gasteiger partial charge on any atom is 0.487 e. The van der Waals surface area contributed by atoms with Crippen LogP contribution < -0.4 is 0 Å². The van der Waals surface area contributed by atoms with Crippen LogP contribution in [0.1, 0.15) is 51.8 Å². The van der Waals surface area contributed by atoms with Gasteiger partial charge in [0.25, 0.3) is 0 Å². The minimum absolute atomic E-state index is 0.332. The molecule has 1 aromatic rings. The molecule has 2 rings (SSSR count). The van der Waals surface area contributed by atoms with E-state index in [1.807, 2.05) is 45.8 Å². The van der Waals surface area contributed by atoms with Crippen LogP contribution >= 0.6 is 0 Å². The first-order valence-electron chi connectivity index (χ1n) is 6.88. The minimum Gasteiger partial charge on any atom is -0.400 e. The van der Waals surface area contributed by atoms with Crippen molar-refractivity contribution in [3.63, 3.8) is 0 Å². The van der Waals surface area contributed by atoms with Crippen molar-refractivity contribution in [3.8, 4) is 0 Å². The second-order valence-electron chi connectivity index (χ2n) is 6.21. The van der Waals surface area contributed by atoms with Crippen molar-refractivity contribution in [3.05, 3.63) is 35.6 Å². The number of aromatic nitrogens is 1. The van der Waals surface area contributed by atoms with Crippen LogP contribution in [0.4, 0.5) is 0 Å². The number of aliphatic hydroxyl groups excluding tert-OH is 1. The zero-order chi connectivity index (χ0) is 15.0. The summed E-state index contributed by atoms with van der Waals surface area (Å²) in [6.07, 6.45) is 4.79. The predicted octanol–water partition coefficient (Wildman–Crippen LogP) is 2.78. The van der Waals surface area contributed by atoms with Crippen LogP contribution in [0.15, 0.2) is 24.4 Å². The number of hydrogen-bond donors (Lipinski definition) is 1. The van der Waals surface area contributed by atoms with Gasteiger partial charge in [0.1, 0.15) is 0 Å². The van der Waals surface area contributed by atoms with Crippen LogP contribution in [0.3, 0.4) is 0 Å². The largest absolute Gasteiger partial charge is 0.487 e. The number of hydrogen-bond acceptors (Lipinski definition) is 4. The molecule has 0 unspecified atom stereocenters. The normalized spacial score (nSPS) is 22.4. The Morgan fingerprint density at radius 3 is 2.35 bits per heavy atom. The molecule has 1 atom stereocenters. The lowest BCUT2D eigenvalue weighted by atomic mass is 9.89. The molecule has 1 aliphatic rings. The van der Waals surface area contributed by atoms with E-state index >= 15 is 0 Å². The first-order chi connectivity index (χ1) is 9.21. The Morgan fingerprint density at radius 1 is 1.20 bits per heavy atom. The Labute approximate surface area is 121 Å². The maximum atomic E-state index is 9.55. The molecule has 5 heteroatoms. The van der Waals surface area contributed by atoms with E-state index < -0.39 is 6.10 Å². The van der Waals surface area contributed by atoms with Gasteiger partial charge < -0.3 is 14.4 Å². The van der Waals surface area contributed by atoms with Crippen molar-refractivity contribution in [1.82, 2.24) is 4.98 Å². The zero-order valence-corrected chi connectivity index (χ0v) is 12.8. The summed E-state index contributed by atoms with van der Waals surface area (Å²) in [6.45, 7) is 9.82. The van der Waals surface area contributed by atoms with E-state index in [-0.39, 0.29) is 18.3 Å². The molecule has 108 valence electrons. The predicted molar refractivity (Wildman–Crippen MR) is 80.0 cm³/mol.